The van der Waals surface area contributed by atoms with Crippen molar-refractivity contribution in [3.05, 3.63) is 59.9 Å². The number of hydrogen-bond donors (Lipinski definition) is 3. The van der Waals surface area contributed by atoms with Gasteiger partial charge >= 0.3 is 11.8 Å². The first-order valence-corrected chi connectivity index (χ1v) is 9.92. The van der Waals surface area contributed by atoms with Gasteiger partial charge in [-0.05, 0) is 49.6 Å². The lowest BCUT2D eigenvalue weighted by Gasteiger charge is -2.32. The smallest absolute Gasteiger partial charge is 0.311 e. The van der Waals surface area contributed by atoms with Gasteiger partial charge in [0, 0.05) is 48.5 Å². The molecule has 0 atom stereocenters. The van der Waals surface area contributed by atoms with Crippen molar-refractivity contribution < 1.29 is 9.59 Å². The molecule has 1 aliphatic rings. The fraction of sp³-hybridized carbons (Fsp3) is 0.318. The maximum absolute atomic E-state index is 12.5. The van der Waals surface area contributed by atoms with Gasteiger partial charge in [-0.25, -0.2) is 4.98 Å². The van der Waals surface area contributed by atoms with E-state index in [1.165, 1.54) is 0 Å². The third-order valence-electron chi connectivity index (χ3n) is 5.32. The molecular weight excluding hydrogens is 366 g/mol. The summed E-state index contributed by atoms with van der Waals surface area (Å²) in [6, 6.07) is 14.0. The molecule has 3 N–H and O–H groups in total. The number of H-pyrrole nitrogens is 1. The molecular formula is C22H25N5O2. The molecule has 2 aromatic heterocycles. The maximum atomic E-state index is 12.5. The first-order valence-electron chi connectivity index (χ1n) is 9.92. The predicted octanol–water partition coefficient (Wildman–Crippen LogP) is 2.59. The second-order valence-corrected chi connectivity index (χ2v) is 7.44. The SMILES string of the molecule is Cc1cc2c(CNC(=O)C(=O)N3CCC(Nc4ccccn4)CC3)cccc2[nH]1. The second kappa shape index (κ2) is 8.34. The number of anilines is 1. The largest absolute Gasteiger partial charge is 0.367 e. The van der Waals surface area contributed by atoms with Crippen molar-refractivity contribution in [1.82, 2.24) is 20.2 Å². The Morgan fingerprint density at radius 1 is 1.17 bits per heavy atom. The maximum Gasteiger partial charge on any atom is 0.311 e. The van der Waals surface area contributed by atoms with Crippen LogP contribution in [0.4, 0.5) is 5.82 Å². The van der Waals surface area contributed by atoms with Gasteiger partial charge in [-0.2, -0.15) is 0 Å². The molecule has 0 unspecified atom stereocenters. The van der Waals surface area contributed by atoms with Crippen molar-refractivity contribution in [2.75, 3.05) is 18.4 Å². The van der Waals surface area contributed by atoms with Gasteiger partial charge in [-0.1, -0.05) is 18.2 Å². The van der Waals surface area contributed by atoms with Gasteiger partial charge in [0.25, 0.3) is 0 Å². The summed E-state index contributed by atoms with van der Waals surface area (Å²) in [5, 5.41) is 7.23. The highest BCUT2D eigenvalue weighted by Gasteiger charge is 2.27. The predicted molar refractivity (Wildman–Crippen MR) is 112 cm³/mol. The van der Waals surface area contributed by atoms with Crippen LogP contribution in [0.25, 0.3) is 10.9 Å². The number of carbonyl (C=O) groups is 2. The first kappa shape index (κ1) is 19.0. The van der Waals surface area contributed by atoms with Crippen LogP contribution in [0.1, 0.15) is 24.1 Å². The van der Waals surface area contributed by atoms with Crippen molar-refractivity contribution in [3.63, 3.8) is 0 Å². The molecule has 0 bridgehead atoms. The Balaban J connectivity index is 1.29. The number of likely N-dealkylation sites (tertiary alicyclic amines) is 1. The molecule has 0 aliphatic carbocycles. The molecule has 0 spiro atoms. The number of carbonyl (C=O) groups excluding carboxylic acids is 2. The molecule has 1 aliphatic heterocycles. The van der Waals surface area contributed by atoms with Crippen LogP contribution in [0.2, 0.25) is 0 Å². The van der Waals surface area contributed by atoms with E-state index in [0.29, 0.717) is 19.6 Å². The fourth-order valence-corrected chi connectivity index (χ4v) is 3.79. The van der Waals surface area contributed by atoms with Gasteiger partial charge in [0.15, 0.2) is 0 Å². The van der Waals surface area contributed by atoms with Gasteiger partial charge in [0.1, 0.15) is 5.82 Å². The molecule has 29 heavy (non-hydrogen) atoms. The number of pyridine rings is 1. The summed E-state index contributed by atoms with van der Waals surface area (Å²) in [7, 11) is 0. The molecule has 1 saturated heterocycles. The van der Waals surface area contributed by atoms with E-state index in [2.05, 4.69) is 26.7 Å². The average Bonchev–Trinajstić information content (AvgIpc) is 3.13. The Labute approximate surface area is 169 Å². The third-order valence-corrected chi connectivity index (χ3v) is 5.32. The van der Waals surface area contributed by atoms with E-state index in [1.54, 1.807) is 11.1 Å². The van der Waals surface area contributed by atoms with E-state index in [1.807, 2.05) is 43.3 Å². The summed E-state index contributed by atoms with van der Waals surface area (Å²) < 4.78 is 0. The highest BCUT2D eigenvalue weighted by Crippen LogP contribution is 2.20. The lowest BCUT2D eigenvalue weighted by atomic mass is 10.0. The highest BCUT2D eigenvalue weighted by molar-refractivity contribution is 6.35. The van der Waals surface area contributed by atoms with Crippen LogP contribution >= 0.6 is 0 Å². The minimum Gasteiger partial charge on any atom is -0.367 e. The van der Waals surface area contributed by atoms with Crippen LogP contribution in [0, 0.1) is 6.92 Å². The third kappa shape index (κ3) is 4.39. The summed E-state index contributed by atoms with van der Waals surface area (Å²) in [6.45, 7) is 3.45. The Hall–Kier alpha value is -3.35. The van der Waals surface area contributed by atoms with Crippen molar-refractivity contribution in [3.8, 4) is 0 Å². The normalized spacial score (nSPS) is 14.7. The number of benzene rings is 1. The summed E-state index contributed by atoms with van der Waals surface area (Å²) >= 11 is 0. The van der Waals surface area contributed by atoms with E-state index < -0.39 is 11.8 Å². The lowest BCUT2D eigenvalue weighted by molar-refractivity contribution is -0.146. The fourth-order valence-electron chi connectivity index (χ4n) is 3.79. The average molecular weight is 391 g/mol. The molecule has 2 amide bonds. The Morgan fingerprint density at radius 3 is 2.76 bits per heavy atom. The zero-order valence-corrected chi connectivity index (χ0v) is 16.4. The van der Waals surface area contributed by atoms with Crippen LogP contribution in [0.15, 0.2) is 48.7 Å². The summed E-state index contributed by atoms with van der Waals surface area (Å²) in [4.78, 5) is 34.1. The zero-order chi connectivity index (χ0) is 20.2. The van der Waals surface area contributed by atoms with E-state index >= 15 is 0 Å². The monoisotopic (exact) mass is 391 g/mol. The Kier molecular flexibility index (Phi) is 5.46. The topological polar surface area (TPSA) is 90.1 Å². The minimum atomic E-state index is -0.551. The molecule has 7 heteroatoms. The van der Waals surface area contributed by atoms with Crippen molar-refractivity contribution in [2.24, 2.45) is 0 Å². The molecule has 1 aromatic carbocycles. The molecule has 4 rings (SSSR count). The van der Waals surface area contributed by atoms with E-state index in [9.17, 15) is 9.59 Å². The molecule has 3 aromatic rings. The minimum absolute atomic E-state index is 0.256. The number of nitrogens with one attached hydrogen (secondary N) is 3. The van der Waals surface area contributed by atoms with Crippen LogP contribution < -0.4 is 10.6 Å². The number of amides is 2. The van der Waals surface area contributed by atoms with Crippen LogP contribution in [0.5, 0.6) is 0 Å². The number of aromatic nitrogens is 2. The van der Waals surface area contributed by atoms with Gasteiger partial charge < -0.3 is 20.5 Å². The number of nitrogens with zero attached hydrogens (tertiary/aromatic N) is 2. The number of aryl methyl sites for hydroxylation is 1. The summed E-state index contributed by atoms with van der Waals surface area (Å²) in [6.07, 6.45) is 3.33. The summed E-state index contributed by atoms with van der Waals surface area (Å²) in [5.74, 6) is -0.173. The number of rotatable bonds is 4. The standard InChI is InChI=1S/C22H25N5O2/c1-15-13-18-16(5-4-6-19(18)25-15)14-24-21(28)22(29)27-11-8-17(9-12-27)26-20-7-2-3-10-23-20/h2-7,10,13,17,25H,8-9,11-12,14H2,1H3,(H,23,26)(H,24,28). The van der Waals surface area contributed by atoms with Crippen molar-refractivity contribution >= 4 is 28.5 Å². The summed E-state index contributed by atoms with van der Waals surface area (Å²) in [5.41, 5.74) is 3.09. The number of hydrogen-bond acceptors (Lipinski definition) is 4. The van der Waals surface area contributed by atoms with E-state index in [-0.39, 0.29) is 6.04 Å². The van der Waals surface area contributed by atoms with E-state index in [4.69, 9.17) is 0 Å². The van der Waals surface area contributed by atoms with Crippen molar-refractivity contribution in [1.29, 1.82) is 0 Å². The quantitative estimate of drug-likeness (QED) is 0.597. The first-order chi connectivity index (χ1) is 14.1. The number of fused-ring (bicyclic) bond motifs is 1. The van der Waals surface area contributed by atoms with Gasteiger partial charge in [0.05, 0.1) is 0 Å². The Bertz CT molecular complexity index is 1010. The Morgan fingerprint density at radius 2 is 2.00 bits per heavy atom. The molecule has 0 saturated carbocycles. The van der Waals surface area contributed by atoms with Gasteiger partial charge in [-0.15, -0.1) is 0 Å². The van der Waals surface area contributed by atoms with Gasteiger partial charge in [-0.3, -0.25) is 9.59 Å². The molecule has 0 radical (unpaired) electrons. The zero-order valence-electron chi connectivity index (χ0n) is 16.4. The number of aromatic amines is 1. The van der Waals surface area contributed by atoms with Crippen LogP contribution in [-0.2, 0) is 16.1 Å². The van der Waals surface area contributed by atoms with E-state index in [0.717, 1.165) is 40.8 Å². The second-order valence-electron chi connectivity index (χ2n) is 7.44. The van der Waals surface area contributed by atoms with Crippen LogP contribution in [0.3, 0.4) is 0 Å². The van der Waals surface area contributed by atoms with Gasteiger partial charge in [0.2, 0.25) is 0 Å². The highest BCUT2D eigenvalue weighted by atomic mass is 16.2. The molecule has 3 heterocycles. The molecule has 1 fully saturated rings. The van der Waals surface area contributed by atoms with Crippen LogP contribution in [-0.4, -0.2) is 45.8 Å². The molecule has 7 nitrogen and oxygen atoms in total. The van der Waals surface area contributed by atoms with Crippen molar-refractivity contribution in [2.45, 2.75) is 32.4 Å². The number of piperidine rings is 1. The molecule has 150 valence electrons. The lowest BCUT2D eigenvalue weighted by Crippen LogP contribution is -2.48.